The molecule has 0 aliphatic carbocycles. The average Bonchev–Trinajstić information content (AvgIpc) is 2.69. The van der Waals surface area contributed by atoms with E-state index in [1.165, 1.54) is 17.5 Å². The third kappa shape index (κ3) is 4.13. The molecule has 0 radical (unpaired) electrons. The number of aryl methyl sites for hydroxylation is 1. The van der Waals surface area contributed by atoms with Gasteiger partial charge in [0.2, 0.25) is 10.0 Å². The molecule has 0 atom stereocenters. The summed E-state index contributed by atoms with van der Waals surface area (Å²) in [6.45, 7) is 3.06. The molecule has 2 aromatic rings. The molecule has 1 fully saturated rings. The summed E-state index contributed by atoms with van der Waals surface area (Å²) in [6.07, 6.45) is 0. The fraction of sp³-hybridized carbons (Fsp3) is 0.316. The molecule has 0 spiro atoms. The summed E-state index contributed by atoms with van der Waals surface area (Å²) >= 11 is 0. The van der Waals surface area contributed by atoms with Gasteiger partial charge in [0.05, 0.1) is 30.9 Å². The molecule has 1 N–H and O–H groups in total. The first kappa shape index (κ1) is 19.3. The van der Waals surface area contributed by atoms with E-state index in [4.69, 9.17) is 9.47 Å². The first-order chi connectivity index (χ1) is 12.9. The largest absolute Gasteiger partial charge is 0.495 e. The van der Waals surface area contributed by atoms with Crippen molar-refractivity contribution < 1.29 is 22.7 Å². The third-order valence-corrected chi connectivity index (χ3v) is 6.43. The fourth-order valence-corrected chi connectivity index (χ4v) is 4.55. The molecule has 144 valence electrons. The van der Waals surface area contributed by atoms with Crippen LogP contribution in [0.15, 0.2) is 47.4 Å². The van der Waals surface area contributed by atoms with E-state index in [9.17, 15) is 13.2 Å². The Labute approximate surface area is 158 Å². The van der Waals surface area contributed by atoms with Crippen LogP contribution in [-0.2, 0) is 14.8 Å². The number of amides is 1. The normalized spacial score (nSPS) is 15.3. The van der Waals surface area contributed by atoms with Crippen LogP contribution in [0.5, 0.6) is 5.75 Å². The van der Waals surface area contributed by atoms with Crippen molar-refractivity contribution in [2.45, 2.75) is 11.8 Å². The summed E-state index contributed by atoms with van der Waals surface area (Å²) in [6, 6.07) is 11.7. The molecule has 8 heteroatoms. The smallest absolute Gasteiger partial charge is 0.255 e. The van der Waals surface area contributed by atoms with E-state index in [1.54, 1.807) is 43.3 Å². The average molecular weight is 390 g/mol. The molecule has 0 unspecified atom stereocenters. The zero-order chi connectivity index (χ0) is 19.4. The third-order valence-electron chi connectivity index (χ3n) is 4.39. The summed E-state index contributed by atoms with van der Waals surface area (Å²) in [4.78, 5) is 12.8. The lowest BCUT2D eigenvalue weighted by molar-refractivity contribution is 0.0730. The number of methoxy groups -OCH3 is 1. The first-order valence-electron chi connectivity index (χ1n) is 8.56. The monoisotopic (exact) mass is 390 g/mol. The minimum atomic E-state index is -3.69. The maximum atomic E-state index is 13.0. The number of nitrogens with one attached hydrogen (secondary N) is 1. The Morgan fingerprint density at radius 1 is 1.15 bits per heavy atom. The molecule has 0 aromatic heterocycles. The van der Waals surface area contributed by atoms with Crippen molar-refractivity contribution >= 4 is 21.6 Å². The predicted molar refractivity (Wildman–Crippen MR) is 102 cm³/mol. The Morgan fingerprint density at radius 3 is 2.56 bits per heavy atom. The van der Waals surface area contributed by atoms with Crippen molar-refractivity contribution in [3.8, 4) is 5.75 Å². The van der Waals surface area contributed by atoms with Crippen LogP contribution < -0.4 is 10.1 Å². The molecule has 2 aromatic carbocycles. The molecule has 1 aliphatic rings. The van der Waals surface area contributed by atoms with E-state index in [-0.39, 0.29) is 10.5 Å². The lowest BCUT2D eigenvalue weighted by Gasteiger charge is -2.26. The number of hydrogen-bond acceptors (Lipinski definition) is 5. The highest BCUT2D eigenvalue weighted by atomic mass is 32.2. The maximum Gasteiger partial charge on any atom is 0.255 e. The summed E-state index contributed by atoms with van der Waals surface area (Å²) in [5, 5.41) is 2.76. The van der Waals surface area contributed by atoms with Crippen LogP contribution in [0.25, 0.3) is 0 Å². The van der Waals surface area contributed by atoms with Gasteiger partial charge in [0.1, 0.15) is 5.75 Å². The van der Waals surface area contributed by atoms with Gasteiger partial charge < -0.3 is 14.8 Å². The van der Waals surface area contributed by atoms with Crippen LogP contribution in [0.4, 0.5) is 5.69 Å². The summed E-state index contributed by atoms with van der Waals surface area (Å²) in [5.74, 6) is 0.122. The van der Waals surface area contributed by atoms with Crippen molar-refractivity contribution in [3.63, 3.8) is 0 Å². The van der Waals surface area contributed by atoms with Crippen molar-refractivity contribution in [1.82, 2.24) is 4.31 Å². The number of anilines is 1. The van der Waals surface area contributed by atoms with Gasteiger partial charge >= 0.3 is 0 Å². The summed E-state index contributed by atoms with van der Waals surface area (Å²) in [5.41, 5.74) is 1.37. The van der Waals surface area contributed by atoms with E-state index >= 15 is 0 Å². The van der Waals surface area contributed by atoms with Crippen molar-refractivity contribution in [2.75, 3.05) is 38.7 Å². The van der Waals surface area contributed by atoms with Gasteiger partial charge in [-0.05, 0) is 36.8 Å². The van der Waals surface area contributed by atoms with Gasteiger partial charge in [-0.25, -0.2) is 8.42 Å². The summed E-state index contributed by atoms with van der Waals surface area (Å²) in [7, 11) is -2.17. The number of morpholine rings is 1. The quantitative estimate of drug-likeness (QED) is 0.847. The number of nitrogens with zero attached hydrogens (tertiary/aromatic N) is 1. The fourth-order valence-electron chi connectivity index (χ4n) is 2.89. The molecule has 3 rings (SSSR count). The number of carbonyl (C=O) groups is 1. The number of ether oxygens (including phenoxy) is 2. The number of carbonyl (C=O) groups excluding carboxylic acids is 1. The van der Waals surface area contributed by atoms with Gasteiger partial charge in [-0.15, -0.1) is 0 Å². The van der Waals surface area contributed by atoms with Gasteiger partial charge in [0.25, 0.3) is 5.91 Å². The molecule has 7 nitrogen and oxygen atoms in total. The highest BCUT2D eigenvalue weighted by Crippen LogP contribution is 2.26. The molecular formula is C19H22N2O5S. The van der Waals surface area contributed by atoms with Crippen LogP contribution in [0.1, 0.15) is 15.9 Å². The van der Waals surface area contributed by atoms with Gasteiger partial charge in [0.15, 0.2) is 0 Å². The van der Waals surface area contributed by atoms with Crippen LogP contribution >= 0.6 is 0 Å². The Hall–Kier alpha value is -2.42. The Morgan fingerprint density at radius 2 is 1.85 bits per heavy atom. The topological polar surface area (TPSA) is 84.9 Å². The van der Waals surface area contributed by atoms with E-state index in [1.807, 2.05) is 0 Å². The van der Waals surface area contributed by atoms with Gasteiger partial charge in [-0.3, -0.25) is 4.79 Å². The minimum absolute atomic E-state index is 0.136. The molecule has 1 amide bonds. The Bertz CT molecular complexity index is 937. The second-order valence-corrected chi connectivity index (χ2v) is 8.06. The number of para-hydroxylation sites is 2. The van der Waals surface area contributed by atoms with Crippen molar-refractivity contribution in [1.29, 1.82) is 0 Å². The maximum absolute atomic E-state index is 13.0. The van der Waals surface area contributed by atoms with E-state index in [0.29, 0.717) is 43.3 Å². The number of hydrogen-bond donors (Lipinski definition) is 1. The standard InChI is InChI=1S/C19H22N2O5S/c1-14-7-8-15(19(22)20-16-5-3-4-6-17(16)25-2)13-18(14)27(23,24)21-9-11-26-12-10-21/h3-8,13H,9-12H2,1-2H3,(H,20,22). The van der Waals surface area contributed by atoms with Crippen LogP contribution in [0.2, 0.25) is 0 Å². The minimum Gasteiger partial charge on any atom is -0.495 e. The summed E-state index contributed by atoms with van der Waals surface area (Å²) < 4.78 is 37.8. The SMILES string of the molecule is COc1ccccc1NC(=O)c1ccc(C)c(S(=O)(=O)N2CCOCC2)c1. The van der Waals surface area contributed by atoms with Gasteiger partial charge in [0, 0.05) is 18.7 Å². The zero-order valence-corrected chi connectivity index (χ0v) is 16.1. The Kier molecular flexibility index (Phi) is 5.79. The highest BCUT2D eigenvalue weighted by molar-refractivity contribution is 7.89. The molecule has 1 saturated heterocycles. The predicted octanol–water partition coefficient (Wildman–Crippen LogP) is 2.28. The molecule has 1 aliphatic heterocycles. The Balaban J connectivity index is 1.89. The van der Waals surface area contributed by atoms with Gasteiger partial charge in [-0.1, -0.05) is 18.2 Å². The van der Waals surface area contributed by atoms with Crippen LogP contribution in [0, 0.1) is 6.92 Å². The molecule has 27 heavy (non-hydrogen) atoms. The first-order valence-corrected chi connectivity index (χ1v) is 10.0. The zero-order valence-electron chi connectivity index (χ0n) is 15.3. The van der Waals surface area contributed by atoms with E-state index in [0.717, 1.165) is 0 Å². The van der Waals surface area contributed by atoms with Gasteiger partial charge in [-0.2, -0.15) is 4.31 Å². The lowest BCUT2D eigenvalue weighted by Crippen LogP contribution is -2.40. The molecular weight excluding hydrogens is 368 g/mol. The van der Waals surface area contributed by atoms with Crippen LogP contribution in [0.3, 0.4) is 0 Å². The highest BCUT2D eigenvalue weighted by Gasteiger charge is 2.28. The second-order valence-electron chi connectivity index (χ2n) is 6.15. The molecule has 1 heterocycles. The number of rotatable bonds is 5. The van der Waals surface area contributed by atoms with Crippen molar-refractivity contribution in [2.24, 2.45) is 0 Å². The second kappa shape index (κ2) is 8.08. The molecule has 0 bridgehead atoms. The number of sulfonamides is 1. The molecule has 0 saturated carbocycles. The van der Waals surface area contributed by atoms with E-state index in [2.05, 4.69) is 5.32 Å². The van der Waals surface area contributed by atoms with E-state index < -0.39 is 15.9 Å². The lowest BCUT2D eigenvalue weighted by atomic mass is 10.1. The number of benzene rings is 2. The van der Waals surface area contributed by atoms with Crippen LogP contribution in [-0.4, -0.2) is 52.0 Å². The van der Waals surface area contributed by atoms with Crippen molar-refractivity contribution in [3.05, 3.63) is 53.6 Å².